The fraction of sp³-hybridized carbons (Fsp3) is 0.667. The second kappa shape index (κ2) is 8.30. The molecule has 0 spiro atoms. The first-order valence-corrected chi connectivity index (χ1v) is 10.2. The van der Waals surface area contributed by atoms with Crippen LogP contribution in [-0.4, -0.2) is 56.7 Å². The minimum atomic E-state index is 0.826. The van der Waals surface area contributed by atoms with Gasteiger partial charge in [-0.1, -0.05) is 12.1 Å². The number of guanidine groups is 1. The van der Waals surface area contributed by atoms with Crippen molar-refractivity contribution >= 4 is 5.96 Å². The van der Waals surface area contributed by atoms with Crippen LogP contribution < -0.4 is 15.4 Å². The molecule has 5 nitrogen and oxygen atoms in total. The minimum Gasteiger partial charge on any atom is -0.493 e. The molecule has 0 amide bonds. The maximum atomic E-state index is 5.58. The molecule has 1 aromatic carbocycles. The van der Waals surface area contributed by atoms with E-state index in [-0.39, 0.29) is 0 Å². The van der Waals surface area contributed by atoms with Crippen molar-refractivity contribution < 1.29 is 4.74 Å². The first kappa shape index (κ1) is 17.7. The van der Waals surface area contributed by atoms with Crippen LogP contribution in [0.1, 0.15) is 36.8 Å². The Morgan fingerprint density at radius 3 is 2.81 bits per heavy atom. The maximum absolute atomic E-state index is 5.58. The molecule has 1 heterocycles. The smallest absolute Gasteiger partial charge is 0.191 e. The highest BCUT2D eigenvalue weighted by Crippen LogP contribution is 2.34. The summed E-state index contributed by atoms with van der Waals surface area (Å²) in [5.41, 5.74) is 2.71. The first-order chi connectivity index (χ1) is 12.8. The number of benzene rings is 1. The van der Waals surface area contributed by atoms with Gasteiger partial charge in [-0.05, 0) is 55.2 Å². The van der Waals surface area contributed by atoms with Crippen molar-refractivity contribution in [2.24, 2.45) is 10.9 Å². The van der Waals surface area contributed by atoms with Crippen molar-refractivity contribution in [2.45, 2.75) is 44.6 Å². The molecule has 2 saturated carbocycles. The lowest BCUT2D eigenvalue weighted by molar-refractivity contribution is 0.256. The van der Waals surface area contributed by atoms with E-state index >= 15 is 0 Å². The maximum Gasteiger partial charge on any atom is 0.191 e. The van der Waals surface area contributed by atoms with Crippen LogP contribution in [0.25, 0.3) is 0 Å². The summed E-state index contributed by atoms with van der Waals surface area (Å²) in [6, 6.07) is 7.42. The van der Waals surface area contributed by atoms with Gasteiger partial charge in [-0.2, -0.15) is 0 Å². The van der Waals surface area contributed by atoms with E-state index in [1.807, 2.05) is 7.05 Å². The molecule has 2 fully saturated rings. The second-order valence-electron chi connectivity index (χ2n) is 7.89. The summed E-state index contributed by atoms with van der Waals surface area (Å²) >= 11 is 0. The Hall–Kier alpha value is -1.75. The number of ether oxygens (including phenoxy) is 1. The van der Waals surface area contributed by atoms with E-state index in [1.165, 1.54) is 43.4 Å². The van der Waals surface area contributed by atoms with Crippen molar-refractivity contribution in [3.8, 4) is 5.75 Å². The molecule has 0 atom stereocenters. The molecule has 142 valence electrons. The summed E-state index contributed by atoms with van der Waals surface area (Å²) in [5.74, 6) is 2.95. The predicted octanol–water partition coefficient (Wildman–Crippen LogP) is 2.20. The van der Waals surface area contributed by atoms with Gasteiger partial charge >= 0.3 is 0 Å². The predicted molar refractivity (Wildman–Crippen MR) is 106 cm³/mol. The van der Waals surface area contributed by atoms with Gasteiger partial charge in [0, 0.05) is 45.7 Å². The van der Waals surface area contributed by atoms with Crippen LogP contribution in [0.5, 0.6) is 5.75 Å². The largest absolute Gasteiger partial charge is 0.493 e. The second-order valence-corrected chi connectivity index (χ2v) is 7.89. The lowest BCUT2D eigenvalue weighted by atomic mass is 10.1. The van der Waals surface area contributed by atoms with Crippen molar-refractivity contribution in [3.63, 3.8) is 0 Å². The molecule has 5 heteroatoms. The standard InChI is InChI=1S/C21H32N4O/c1-22-21(24-11-12-25(19-5-6-19)15-17-2-3-17)23-10-8-16-4-7-20-18(14-16)9-13-26-20/h4,7,14,17,19H,2-3,5-6,8-13,15H2,1H3,(H2,22,23,24). The number of nitrogens with one attached hydrogen (secondary N) is 2. The number of aliphatic imine (C=N–C) groups is 1. The molecule has 2 N–H and O–H groups in total. The van der Waals surface area contributed by atoms with E-state index in [2.05, 4.69) is 38.7 Å². The molecule has 2 aliphatic carbocycles. The monoisotopic (exact) mass is 356 g/mol. The average Bonchev–Trinajstić information content (AvgIpc) is 3.58. The molecule has 0 aromatic heterocycles. The number of hydrogen-bond acceptors (Lipinski definition) is 3. The molecular formula is C21H32N4O. The quantitative estimate of drug-likeness (QED) is 0.526. The van der Waals surface area contributed by atoms with Crippen molar-refractivity contribution in [1.82, 2.24) is 15.5 Å². The van der Waals surface area contributed by atoms with Crippen molar-refractivity contribution in [1.29, 1.82) is 0 Å². The van der Waals surface area contributed by atoms with Crippen LogP contribution in [0, 0.1) is 5.92 Å². The summed E-state index contributed by atoms with van der Waals surface area (Å²) in [6.45, 7) is 5.13. The highest BCUT2D eigenvalue weighted by Gasteiger charge is 2.33. The summed E-state index contributed by atoms with van der Waals surface area (Å²) in [7, 11) is 1.85. The van der Waals surface area contributed by atoms with E-state index in [1.54, 1.807) is 0 Å². The van der Waals surface area contributed by atoms with Crippen LogP contribution in [0.4, 0.5) is 0 Å². The van der Waals surface area contributed by atoms with Crippen LogP contribution >= 0.6 is 0 Å². The number of nitrogens with zero attached hydrogens (tertiary/aromatic N) is 2. The third kappa shape index (κ3) is 4.91. The summed E-state index contributed by atoms with van der Waals surface area (Å²) in [6.07, 6.45) is 7.71. The zero-order chi connectivity index (χ0) is 17.8. The Morgan fingerprint density at radius 1 is 1.19 bits per heavy atom. The molecule has 1 aliphatic heterocycles. The lowest BCUT2D eigenvalue weighted by Crippen LogP contribution is -2.43. The van der Waals surface area contributed by atoms with E-state index in [4.69, 9.17) is 4.74 Å². The molecule has 0 saturated heterocycles. The Morgan fingerprint density at radius 2 is 2.04 bits per heavy atom. The van der Waals surface area contributed by atoms with Crippen molar-refractivity contribution in [2.75, 3.05) is 39.8 Å². The van der Waals surface area contributed by atoms with Crippen LogP contribution in [-0.2, 0) is 12.8 Å². The Labute approximate surface area is 157 Å². The molecule has 26 heavy (non-hydrogen) atoms. The summed E-state index contributed by atoms with van der Waals surface area (Å²) in [5, 5.41) is 6.93. The summed E-state index contributed by atoms with van der Waals surface area (Å²) in [4.78, 5) is 7.05. The van der Waals surface area contributed by atoms with E-state index in [0.29, 0.717) is 0 Å². The van der Waals surface area contributed by atoms with E-state index in [0.717, 1.165) is 62.8 Å². The zero-order valence-electron chi connectivity index (χ0n) is 16.0. The summed E-state index contributed by atoms with van der Waals surface area (Å²) < 4.78 is 5.58. The number of rotatable bonds is 9. The van der Waals surface area contributed by atoms with Crippen molar-refractivity contribution in [3.05, 3.63) is 29.3 Å². The highest BCUT2D eigenvalue weighted by atomic mass is 16.5. The van der Waals surface area contributed by atoms with Crippen LogP contribution in [0.2, 0.25) is 0 Å². The van der Waals surface area contributed by atoms with E-state index in [9.17, 15) is 0 Å². The van der Waals surface area contributed by atoms with E-state index < -0.39 is 0 Å². The molecule has 0 bridgehead atoms. The van der Waals surface area contributed by atoms with Gasteiger partial charge < -0.3 is 15.4 Å². The van der Waals surface area contributed by atoms with Gasteiger partial charge in [-0.3, -0.25) is 9.89 Å². The highest BCUT2D eigenvalue weighted by molar-refractivity contribution is 5.79. The van der Waals surface area contributed by atoms with Gasteiger partial charge in [0.2, 0.25) is 0 Å². The fourth-order valence-corrected chi connectivity index (χ4v) is 3.75. The Balaban J connectivity index is 1.16. The molecule has 1 aromatic rings. The third-order valence-electron chi connectivity index (χ3n) is 5.63. The zero-order valence-corrected chi connectivity index (χ0v) is 16.0. The molecule has 4 rings (SSSR count). The van der Waals surface area contributed by atoms with Gasteiger partial charge in [-0.15, -0.1) is 0 Å². The topological polar surface area (TPSA) is 48.9 Å². The Kier molecular flexibility index (Phi) is 5.63. The van der Waals surface area contributed by atoms with Crippen LogP contribution in [0.15, 0.2) is 23.2 Å². The lowest BCUT2D eigenvalue weighted by Gasteiger charge is -2.22. The minimum absolute atomic E-state index is 0.826. The van der Waals surface area contributed by atoms with Crippen LogP contribution in [0.3, 0.4) is 0 Å². The van der Waals surface area contributed by atoms with Gasteiger partial charge in [0.15, 0.2) is 5.96 Å². The normalized spacial score (nSPS) is 19.4. The van der Waals surface area contributed by atoms with Gasteiger partial charge in [0.1, 0.15) is 5.75 Å². The molecular weight excluding hydrogens is 324 g/mol. The van der Waals surface area contributed by atoms with Gasteiger partial charge in [-0.25, -0.2) is 0 Å². The average molecular weight is 357 g/mol. The Bertz CT molecular complexity index is 637. The van der Waals surface area contributed by atoms with Gasteiger partial charge in [0.25, 0.3) is 0 Å². The molecule has 0 unspecified atom stereocenters. The molecule has 3 aliphatic rings. The number of hydrogen-bond donors (Lipinski definition) is 2. The van der Waals surface area contributed by atoms with Gasteiger partial charge in [0.05, 0.1) is 6.61 Å². The molecule has 0 radical (unpaired) electrons. The first-order valence-electron chi connectivity index (χ1n) is 10.2. The fourth-order valence-electron chi connectivity index (χ4n) is 3.75. The SMILES string of the molecule is CN=C(NCCc1ccc2c(c1)CCO2)NCCN(CC1CC1)C1CC1. The third-order valence-corrected chi connectivity index (χ3v) is 5.63. The number of fused-ring (bicyclic) bond motifs is 1.